The number of hydrogen-bond donors (Lipinski definition) is 0. The summed E-state index contributed by atoms with van der Waals surface area (Å²) in [5.41, 5.74) is 3.12. The van der Waals surface area contributed by atoms with Gasteiger partial charge in [-0.2, -0.15) is 0 Å². The van der Waals surface area contributed by atoms with E-state index in [0.29, 0.717) is 29.9 Å². The quantitative estimate of drug-likeness (QED) is 0.437. The molecule has 31 heavy (non-hydrogen) atoms. The van der Waals surface area contributed by atoms with E-state index >= 15 is 0 Å². The fourth-order valence-electron chi connectivity index (χ4n) is 3.87. The lowest BCUT2D eigenvalue weighted by Gasteiger charge is -2.29. The maximum atomic E-state index is 14.8. The average Bonchev–Trinajstić information content (AvgIpc) is 2.79. The largest absolute Gasteiger partial charge is 0.352 e. The van der Waals surface area contributed by atoms with Gasteiger partial charge in [0.05, 0.1) is 13.2 Å². The van der Waals surface area contributed by atoms with Crippen molar-refractivity contribution in [3.05, 3.63) is 83.2 Å². The molecule has 1 aliphatic heterocycles. The minimum absolute atomic E-state index is 0.135. The summed E-state index contributed by atoms with van der Waals surface area (Å²) >= 11 is 0. The number of aryl methyl sites for hydroxylation is 1. The number of halogens is 3. The summed E-state index contributed by atoms with van der Waals surface area (Å²) in [4.78, 5) is 0. The van der Waals surface area contributed by atoms with Gasteiger partial charge in [-0.15, -0.1) is 0 Å². The predicted molar refractivity (Wildman–Crippen MR) is 115 cm³/mol. The molecule has 0 bridgehead atoms. The molecule has 0 spiro atoms. The first-order valence-corrected chi connectivity index (χ1v) is 10.6. The Morgan fingerprint density at radius 2 is 1.45 bits per heavy atom. The Balaban J connectivity index is 1.52. The Bertz CT molecular complexity index is 1050. The highest BCUT2D eigenvalue weighted by molar-refractivity contribution is 5.71. The molecular weight excluding hydrogens is 401 g/mol. The molecule has 0 unspecified atom stereocenters. The van der Waals surface area contributed by atoms with Crippen LogP contribution in [0.25, 0.3) is 22.3 Å². The van der Waals surface area contributed by atoms with Gasteiger partial charge in [0.2, 0.25) is 0 Å². The third kappa shape index (κ3) is 4.53. The summed E-state index contributed by atoms with van der Waals surface area (Å²) in [5.74, 6) is -2.14. The number of rotatable bonds is 5. The third-order valence-electron chi connectivity index (χ3n) is 5.74. The molecule has 0 atom stereocenters. The van der Waals surface area contributed by atoms with Crippen molar-refractivity contribution >= 4 is 0 Å². The lowest BCUT2D eigenvalue weighted by molar-refractivity contribution is -0.190. The summed E-state index contributed by atoms with van der Waals surface area (Å²) in [5, 5.41) is 0. The average molecular weight is 426 g/mol. The maximum absolute atomic E-state index is 14.8. The number of hydrogen-bond acceptors (Lipinski definition) is 2. The van der Waals surface area contributed by atoms with E-state index in [2.05, 4.69) is 6.92 Å². The molecule has 0 aromatic heterocycles. The van der Waals surface area contributed by atoms with Gasteiger partial charge in [0.1, 0.15) is 5.82 Å². The topological polar surface area (TPSA) is 18.5 Å². The smallest absolute Gasteiger partial charge is 0.166 e. The summed E-state index contributed by atoms with van der Waals surface area (Å²) in [6.45, 7) is 4.47. The fraction of sp³-hybridized carbons (Fsp3) is 0.308. The monoisotopic (exact) mass is 426 g/mol. The van der Waals surface area contributed by atoms with Gasteiger partial charge in [-0.1, -0.05) is 61.9 Å². The Kier molecular flexibility index (Phi) is 6.44. The summed E-state index contributed by atoms with van der Waals surface area (Å²) in [6, 6.07) is 15.2. The maximum Gasteiger partial charge on any atom is 0.166 e. The van der Waals surface area contributed by atoms with Crippen LogP contribution in [-0.2, 0) is 9.47 Å². The number of ether oxygens (including phenoxy) is 2. The van der Waals surface area contributed by atoms with Gasteiger partial charge in [0.15, 0.2) is 17.9 Å². The molecule has 4 rings (SSSR count). The molecule has 0 radical (unpaired) electrons. The minimum atomic E-state index is -0.860. The standard InChI is InChI=1S/C26H25F3O2/c1-3-4-24-30-14-20(15-31-24)21-12-10-19(13-23(21)27)17-6-8-18(9-7-17)22-11-5-16(2)25(28)26(22)29/h5-13,20,24H,3-4,14-15H2,1-2H3. The second-order valence-electron chi connectivity index (χ2n) is 7.95. The zero-order chi connectivity index (χ0) is 22.0. The van der Waals surface area contributed by atoms with Gasteiger partial charge < -0.3 is 9.47 Å². The summed E-state index contributed by atoms with van der Waals surface area (Å²) < 4.78 is 54.4. The molecule has 3 aromatic carbocycles. The van der Waals surface area contributed by atoms with E-state index in [0.717, 1.165) is 18.4 Å². The molecule has 3 aromatic rings. The molecule has 1 aliphatic rings. The van der Waals surface area contributed by atoms with Crippen LogP contribution in [-0.4, -0.2) is 19.5 Å². The van der Waals surface area contributed by atoms with E-state index in [9.17, 15) is 13.2 Å². The molecule has 5 heteroatoms. The number of benzene rings is 3. The Morgan fingerprint density at radius 3 is 2.10 bits per heavy atom. The van der Waals surface area contributed by atoms with E-state index in [-0.39, 0.29) is 29.2 Å². The SMILES string of the molecule is CCCC1OCC(c2ccc(-c3ccc(-c4ccc(C)c(F)c4F)cc3)cc2F)CO1. The van der Waals surface area contributed by atoms with Crippen molar-refractivity contribution in [1.29, 1.82) is 0 Å². The lowest BCUT2D eigenvalue weighted by Crippen LogP contribution is -2.31. The fourth-order valence-corrected chi connectivity index (χ4v) is 3.87. The first kappa shape index (κ1) is 21.6. The Labute approximate surface area is 180 Å². The van der Waals surface area contributed by atoms with Gasteiger partial charge in [0, 0.05) is 11.5 Å². The second kappa shape index (κ2) is 9.25. The van der Waals surface area contributed by atoms with E-state index < -0.39 is 11.6 Å². The first-order valence-electron chi connectivity index (χ1n) is 10.6. The van der Waals surface area contributed by atoms with Crippen LogP contribution in [0.3, 0.4) is 0 Å². The van der Waals surface area contributed by atoms with Crippen LogP contribution in [0.1, 0.15) is 36.8 Å². The molecule has 0 amide bonds. The van der Waals surface area contributed by atoms with Crippen LogP contribution in [0.5, 0.6) is 0 Å². The van der Waals surface area contributed by atoms with Gasteiger partial charge in [-0.3, -0.25) is 0 Å². The molecule has 1 fully saturated rings. The highest BCUT2D eigenvalue weighted by Gasteiger charge is 2.25. The second-order valence-corrected chi connectivity index (χ2v) is 7.95. The molecule has 0 aliphatic carbocycles. The van der Waals surface area contributed by atoms with Crippen LogP contribution in [0.2, 0.25) is 0 Å². The predicted octanol–water partition coefficient (Wildman–Crippen LogP) is 7.00. The summed E-state index contributed by atoms with van der Waals surface area (Å²) in [7, 11) is 0. The molecule has 1 saturated heterocycles. The van der Waals surface area contributed by atoms with Crippen molar-refractivity contribution < 1.29 is 22.6 Å². The van der Waals surface area contributed by atoms with Crippen molar-refractivity contribution in [3.63, 3.8) is 0 Å². The van der Waals surface area contributed by atoms with Crippen LogP contribution in [0.4, 0.5) is 13.2 Å². The first-order chi connectivity index (χ1) is 15.0. The molecule has 162 valence electrons. The Hall–Kier alpha value is -2.63. The molecule has 0 saturated carbocycles. The Morgan fingerprint density at radius 1 is 0.806 bits per heavy atom. The zero-order valence-electron chi connectivity index (χ0n) is 17.6. The van der Waals surface area contributed by atoms with Crippen LogP contribution in [0.15, 0.2) is 54.6 Å². The van der Waals surface area contributed by atoms with E-state index in [1.165, 1.54) is 13.0 Å². The third-order valence-corrected chi connectivity index (χ3v) is 5.74. The van der Waals surface area contributed by atoms with E-state index in [4.69, 9.17) is 9.47 Å². The highest BCUT2D eigenvalue weighted by Crippen LogP contribution is 2.31. The normalized spacial score (nSPS) is 18.9. The zero-order valence-corrected chi connectivity index (χ0v) is 17.6. The van der Waals surface area contributed by atoms with E-state index in [1.54, 1.807) is 42.5 Å². The van der Waals surface area contributed by atoms with Crippen LogP contribution in [0, 0.1) is 24.4 Å². The molecule has 1 heterocycles. The van der Waals surface area contributed by atoms with Crippen molar-refractivity contribution in [1.82, 2.24) is 0 Å². The van der Waals surface area contributed by atoms with Gasteiger partial charge in [-0.05, 0) is 47.2 Å². The van der Waals surface area contributed by atoms with Gasteiger partial charge >= 0.3 is 0 Å². The van der Waals surface area contributed by atoms with E-state index in [1.807, 2.05) is 6.07 Å². The van der Waals surface area contributed by atoms with Gasteiger partial charge in [-0.25, -0.2) is 13.2 Å². The molecule has 2 nitrogen and oxygen atoms in total. The van der Waals surface area contributed by atoms with Crippen molar-refractivity contribution in [2.45, 2.75) is 38.9 Å². The van der Waals surface area contributed by atoms with Crippen molar-refractivity contribution in [2.24, 2.45) is 0 Å². The van der Waals surface area contributed by atoms with Crippen LogP contribution >= 0.6 is 0 Å². The molecular formula is C26H25F3O2. The molecule has 0 N–H and O–H groups in total. The van der Waals surface area contributed by atoms with Gasteiger partial charge in [0.25, 0.3) is 0 Å². The minimum Gasteiger partial charge on any atom is -0.352 e. The highest BCUT2D eigenvalue weighted by atomic mass is 19.2. The van der Waals surface area contributed by atoms with Crippen molar-refractivity contribution in [2.75, 3.05) is 13.2 Å². The van der Waals surface area contributed by atoms with Crippen LogP contribution < -0.4 is 0 Å². The summed E-state index contributed by atoms with van der Waals surface area (Å²) in [6.07, 6.45) is 1.61. The lowest BCUT2D eigenvalue weighted by atomic mass is 9.95. The van der Waals surface area contributed by atoms with Crippen molar-refractivity contribution in [3.8, 4) is 22.3 Å².